The summed E-state index contributed by atoms with van der Waals surface area (Å²) in [5.74, 6) is 0.0657. The molecule has 0 saturated carbocycles. The second kappa shape index (κ2) is 7.42. The van der Waals surface area contributed by atoms with Gasteiger partial charge in [0.1, 0.15) is 17.1 Å². The number of nitrogens with zero attached hydrogens (tertiary/aromatic N) is 2. The highest BCUT2D eigenvalue weighted by atomic mass is 35.5. The van der Waals surface area contributed by atoms with Crippen LogP contribution in [-0.2, 0) is 0 Å². The number of fused-ring (bicyclic) bond motifs is 1. The van der Waals surface area contributed by atoms with E-state index in [9.17, 15) is 15.0 Å². The number of amides is 1. The van der Waals surface area contributed by atoms with Gasteiger partial charge in [-0.15, -0.1) is 6.58 Å². The van der Waals surface area contributed by atoms with Crippen LogP contribution in [0.2, 0.25) is 5.02 Å². The first kappa shape index (κ1) is 19.8. The molecule has 0 bridgehead atoms. The zero-order valence-electron chi connectivity index (χ0n) is 16.4. The van der Waals surface area contributed by atoms with Crippen LogP contribution in [0.3, 0.4) is 0 Å². The third-order valence-corrected chi connectivity index (χ3v) is 5.65. The lowest BCUT2D eigenvalue weighted by Gasteiger charge is -2.25. The number of methoxy groups -OCH3 is 1. The Kier molecular flexibility index (Phi) is 4.91. The molecule has 30 heavy (non-hydrogen) atoms. The Balaban J connectivity index is 1.95. The van der Waals surface area contributed by atoms with E-state index < -0.39 is 6.04 Å². The van der Waals surface area contributed by atoms with Gasteiger partial charge in [0.15, 0.2) is 11.5 Å². The molecule has 4 rings (SSSR count). The molecule has 0 radical (unpaired) electrons. The van der Waals surface area contributed by atoms with Gasteiger partial charge in [0.05, 0.1) is 13.2 Å². The summed E-state index contributed by atoms with van der Waals surface area (Å²) < 4.78 is 5.25. The molecule has 0 fully saturated rings. The molecule has 2 aromatic carbocycles. The maximum atomic E-state index is 13.1. The van der Waals surface area contributed by atoms with Crippen molar-refractivity contribution in [3.63, 3.8) is 0 Å². The fraction of sp³-hybridized carbons (Fsp3) is 0.182. The van der Waals surface area contributed by atoms with E-state index in [0.717, 1.165) is 11.1 Å². The van der Waals surface area contributed by atoms with E-state index in [1.54, 1.807) is 42.2 Å². The number of halogens is 1. The number of aromatic nitrogens is 2. The minimum atomic E-state index is -0.520. The van der Waals surface area contributed by atoms with E-state index in [2.05, 4.69) is 16.8 Å². The molecule has 1 aromatic heterocycles. The molecular formula is C22H20ClN3O4. The molecule has 0 saturated heterocycles. The van der Waals surface area contributed by atoms with Crippen molar-refractivity contribution in [3.05, 3.63) is 70.4 Å². The number of carbonyl (C=O) groups is 1. The number of benzene rings is 2. The molecule has 1 aliphatic heterocycles. The highest BCUT2D eigenvalue weighted by Crippen LogP contribution is 2.46. The summed E-state index contributed by atoms with van der Waals surface area (Å²) in [4.78, 5) is 14.7. The van der Waals surface area contributed by atoms with Gasteiger partial charge in [0.2, 0.25) is 0 Å². The summed E-state index contributed by atoms with van der Waals surface area (Å²) in [7, 11) is 1.46. The Morgan fingerprint density at radius 2 is 2.07 bits per heavy atom. The van der Waals surface area contributed by atoms with Crippen LogP contribution in [-0.4, -0.2) is 44.9 Å². The zero-order valence-corrected chi connectivity index (χ0v) is 17.2. The molecule has 154 valence electrons. The lowest BCUT2D eigenvalue weighted by molar-refractivity contribution is 0.0764. The zero-order chi connectivity index (χ0) is 21.6. The summed E-state index contributed by atoms with van der Waals surface area (Å²) in [5, 5.41) is 28.2. The first-order valence-corrected chi connectivity index (χ1v) is 9.61. The van der Waals surface area contributed by atoms with Crippen LogP contribution in [0.4, 0.5) is 0 Å². The summed E-state index contributed by atoms with van der Waals surface area (Å²) in [6.07, 6.45) is 1.64. The molecule has 0 spiro atoms. The molecule has 1 amide bonds. The molecule has 1 aliphatic rings. The van der Waals surface area contributed by atoms with Gasteiger partial charge >= 0.3 is 0 Å². The van der Waals surface area contributed by atoms with E-state index in [4.69, 9.17) is 16.3 Å². The number of hydrogen-bond donors (Lipinski definition) is 3. The minimum absolute atomic E-state index is 0.00329. The number of ether oxygens (including phenoxy) is 1. The van der Waals surface area contributed by atoms with Crippen molar-refractivity contribution in [2.24, 2.45) is 0 Å². The van der Waals surface area contributed by atoms with E-state index in [-0.39, 0.29) is 17.4 Å². The Morgan fingerprint density at radius 3 is 2.77 bits per heavy atom. The summed E-state index contributed by atoms with van der Waals surface area (Å²) in [6, 6.07) is 7.60. The van der Waals surface area contributed by atoms with Gasteiger partial charge in [-0.1, -0.05) is 23.7 Å². The number of H-pyrrole nitrogens is 1. The molecular weight excluding hydrogens is 406 g/mol. The number of phenolic OH excluding ortho intramolecular Hbond substituents is 2. The number of aromatic amines is 1. The number of aryl methyl sites for hydroxylation is 1. The quantitative estimate of drug-likeness (QED) is 0.532. The van der Waals surface area contributed by atoms with Crippen LogP contribution < -0.4 is 4.74 Å². The van der Waals surface area contributed by atoms with Crippen molar-refractivity contribution in [3.8, 4) is 28.5 Å². The van der Waals surface area contributed by atoms with Crippen molar-refractivity contribution in [2.75, 3.05) is 13.7 Å². The maximum Gasteiger partial charge on any atom is 0.273 e. The first-order valence-electron chi connectivity index (χ1n) is 9.23. The second-order valence-corrected chi connectivity index (χ2v) is 7.47. The van der Waals surface area contributed by atoms with Crippen LogP contribution >= 0.6 is 11.6 Å². The van der Waals surface area contributed by atoms with E-state index in [1.807, 2.05) is 0 Å². The summed E-state index contributed by atoms with van der Waals surface area (Å²) in [6.45, 7) is 5.85. The Labute approximate surface area is 178 Å². The van der Waals surface area contributed by atoms with Gasteiger partial charge in [-0.2, -0.15) is 5.10 Å². The lowest BCUT2D eigenvalue weighted by atomic mass is 9.95. The number of nitrogens with one attached hydrogen (secondary N) is 1. The molecule has 1 atom stereocenters. The van der Waals surface area contributed by atoms with Gasteiger partial charge < -0.3 is 19.8 Å². The number of phenols is 2. The van der Waals surface area contributed by atoms with E-state index >= 15 is 0 Å². The third kappa shape index (κ3) is 2.98. The summed E-state index contributed by atoms with van der Waals surface area (Å²) in [5.41, 5.74) is 3.26. The average molecular weight is 426 g/mol. The van der Waals surface area contributed by atoms with Crippen LogP contribution in [0.25, 0.3) is 11.3 Å². The van der Waals surface area contributed by atoms with Crippen molar-refractivity contribution >= 4 is 17.5 Å². The average Bonchev–Trinajstić information content (AvgIpc) is 3.25. The van der Waals surface area contributed by atoms with Crippen molar-refractivity contribution in [1.82, 2.24) is 15.1 Å². The number of carbonyl (C=O) groups excluding carboxylic acids is 1. The number of aromatic hydroxyl groups is 2. The second-order valence-electron chi connectivity index (χ2n) is 7.06. The van der Waals surface area contributed by atoms with Gasteiger partial charge in [-0.05, 0) is 42.3 Å². The van der Waals surface area contributed by atoms with Crippen molar-refractivity contribution in [1.29, 1.82) is 0 Å². The standard InChI is InChI=1S/C22H20ClN3O4/c1-4-7-26-21(12-5-6-15(27)17(9-12)30-3)18-19(24-25-20(18)22(26)29)13-10-14(23)11(2)8-16(13)28/h4-6,8-10,21,27-28H,1,7H2,2-3H3,(H,24,25)/t21-/m0/s1. The van der Waals surface area contributed by atoms with E-state index in [0.29, 0.717) is 39.8 Å². The largest absolute Gasteiger partial charge is 0.507 e. The molecule has 2 heterocycles. The first-order chi connectivity index (χ1) is 14.4. The van der Waals surface area contributed by atoms with Crippen LogP contribution in [0, 0.1) is 6.92 Å². The highest BCUT2D eigenvalue weighted by molar-refractivity contribution is 6.31. The van der Waals surface area contributed by atoms with Gasteiger partial charge in [-0.3, -0.25) is 9.89 Å². The Morgan fingerprint density at radius 1 is 1.30 bits per heavy atom. The fourth-order valence-electron chi connectivity index (χ4n) is 3.80. The SMILES string of the molecule is C=CCN1C(=O)c2[nH]nc(-c3cc(Cl)c(C)cc3O)c2[C@@H]1c1ccc(O)c(OC)c1. The van der Waals surface area contributed by atoms with Crippen molar-refractivity contribution < 1.29 is 19.7 Å². The third-order valence-electron chi connectivity index (χ3n) is 5.24. The van der Waals surface area contributed by atoms with Crippen molar-refractivity contribution in [2.45, 2.75) is 13.0 Å². The molecule has 0 aliphatic carbocycles. The molecule has 0 unspecified atom stereocenters. The van der Waals surface area contributed by atoms with Crippen LogP contribution in [0.1, 0.15) is 33.2 Å². The monoisotopic (exact) mass is 425 g/mol. The predicted octanol–water partition coefficient (Wildman–Crippen LogP) is 4.19. The van der Waals surface area contributed by atoms with Gasteiger partial charge in [0, 0.05) is 22.7 Å². The minimum Gasteiger partial charge on any atom is -0.507 e. The normalized spacial score (nSPS) is 15.4. The Bertz CT molecular complexity index is 1170. The van der Waals surface area contributed by atoms with Crippen LogP contribution in [0.15, 0.2) is 43.0 Å². The maximum absolute atomic E-state index is 13.1. The predicted molar refractivity (Wildman–Crippen MR) is 113 cm³/mol. The fourth-order valence-corrected chi connectivity index (χ4v) is 3.96. The molecule has 8 heteroatoms. The lowest BCUT2D eigenvalue weighted by Crippen LogP contribution is -2.29. The smallest absolute Gasteiger partial charge is 0.273 e. The number of hydrogen-bond acceptors (Lipinski definition) is 5. The number of rotatable bonds is 5. The highest BCUT2D eigenvalue weighted by Gasteiger charge is 2.42. The van der Waals surface area contributed by atoms with Gasteiger partial charge in [-0.25, -0.2) is 0 Å². The molecule has 3 N–H and O–H groups in total. The van der Waals surface area contributed by atoms with Gasteiger partial charge in [0.25, 0.3) is 5.91 Å². The molecule has 7 nitrogen and oxygen atoms in total. The molecule has 3 aromatic rings. The van der Waals surface area contributed by atoms with Crippen LogP contribution in [0.5, 0.6) is 17.2 Å². The Hall–Kier alpha value is -3.45. The van der Waals surface area contributed by atoms with E-state index in [1.165, 1.54) is 13.2 Å². The topological polar surface area (TPSA) is 98.7 Å². The summed E-state index contributed by atoms with van der Waals surface area (Å²) >= 11 is 6.29.